The van der Waals surface area contributed by atoms with Crippen molar-refractivity contribution in [3.8, 4) is 0 Å². The van der Waals surface area contributed by atoms with Gasteiger partial charge in [-0.1, -0.05) is 69.2 Å². The van der Waals surface area contributed by atoms with E-state index in [-0.39, 0.29) is 35.4 Å². The van der Waals surface area contributed by atoms with Crippen LogP contribution in [0, 0.1) is 17.8 Å². The molecule has 1 saturated carbocycles. The smallest absolute Gasteiger partial charge is 0.276 e. The van der Waals surface area contributed by atoms with Crippen molar-refractivity contribution in [3.05, 3.63) is 71.3 Å². The van der Waals surface area contributed by atoms with E-state index in [9.17, 15) is 14.4 Å². The third-order valence-electron chi connectivity index (χ3n) is 7.78. The molecule has 1 fully saturated rings. The van der Waals surface area contributed by atoms with Crippen LogP contribution in [-0.2, 0) is 22.6 Å². The molecule has 3 atom stereocenters. The van der Waals surface area contributed by atoms with Crippen molar-refractivity contribution in [2.75, 3.05) is 13.1 Å². The lowest BCUT2D eigenvalue weighted by molar-refractivity contribution is -0.132. The van der Waals surface area contributed by atoms with Crippen LogP contribution >= 0.6 is 0 Å². The molecule has 0 spiro atoms. The molecule has 6 heteroatoms. The average molecular weight is 516 g/mol. The second-order valence-corrected chi connectivity index (χ2v) is 11.2. The summed E-state index contributed by atoms with van der Waals surface area (Å²) in [7, 11) is 0. The molecule has 2 unspecified atom stereocenters. The zero-order valence-electron chi connectivity index (χ0n) is 22.8. The Bertz CT molecular complexity index is 1130. The van der Waals surface area contributed by atoms with Crippen LogP contribution < -0.4 is 5.32 Å². The molecule has 6 nitrogen and oxygen atoms in total. The minimum Gasteiger partial charge on any atom is -0.346 e. The first-order valence-corrected chi connectivity index (χ1v) is 14.2. The van der Waals surface area contributed by atoms with E-state index in [1.54, 1.807) is 18.3 Å². The van der Waals surface area contributed by atoms with Crippen LogP contribution in [0.15, 0.2) is 59.6 Å². The summed E-state index contributed by atoms with van der Waals surface area (Å²) >= 11 is 0. The second-order valence-electron chi connectivity index (χ2n) is 11.2. The summed E-state index contributed by atoms with van der Waals surface area (Å²) < 4.78 is 0. The van der Waals surface area contributed by atoms with Gasteiger partial charge in [-0.05, 0) is 67.8 Å². The molecule has 4 rings (SSSR count). The Kier molecular flexibility index (Phi) is 9.99. The number of nitrogens with zero attached hydrogens (tertiary/aromatic N) is 2. The molecule has 0 radical (unpaired) electrons. The van der Waals surface area contributed by atoms with Gasteiger partial charge in [-0.25, -0.2) is 4.99 Å². The lowest BCUT2D eigenvalue weighted by atomic mass is 9.79. The first-order valence-electron chi connectivity index (χ1n) is 14.2. The maximum Gasteiger partial charge on any atom is 0.276 e. The highest BCUT2D eigenvalue weighted by atomic mass is 16.2. The van der Waals surface area contributed by atoms with Gasteiger partial charge in [0, 0.05) is 30.2 Å². The summed E-state index contributed by atoms with van der Waals surface area (Å²) in [6.45, 7) is 6.15. The lowest BCUT2D eigenvalue weighted by Crippen LogP contribution is -2.49. The Morgan fingerprint density at radius 2 is 1.68 bits per heavy atom. The summed E-state index contributed by atoms with van der Waals surface area (Å²) in [5.41, 5.74) is 3.20. The molecule has 1 aliphatic carbocycles. The van der Waals surface area contributed by atoms with Gasteiger partial charge < -0.3 is 5.32 Å². The van der Waals surface area contributed by atoms with Crippen LogP contribution in [0.1, 0.15) is 73.9 Å². The summed E-state index contributed by atoms with van der Waals surface area (Å²) in [5.74, 6) is -0.402. The molecule has 0 aromatic heterocycles. The van der Waals surface area contributed by atoms with Crippen molar-refractivity contribution >= 4 is 23.8 Å². The minimum atomic E-state index is -0.508. The van der Waals surface area contributed by atoms with Crippen LogP contribution in [0.25, 0.3) is 0 Å². The van der Waals surface area contributed by atoms with Crippen molar-refractivity contribution in [1.29, 1.82) is 0 Å². The molecular formula is C32H41N3O3. The predicted octanol–water partition coefficient (Wildman–Crippen LogP) is 5.25. The van der Waals surface area contributed by atoms with Gasteiger partial charge in [-0.15, -0.1) is 0 Å². The Morgan fingerprint density at radius 1 is 0.974 bits per heavy atom. The molecule has 2 aromatic rings. The van der Waals surface area contributed by atoms with Crippen LogP contribution in [0.2, 0.25) is 0 Å². The number of rotatable bonds is 9. The number of aryl methyl sites for hydroxylation is 1. The highest BCUT2D eigenvalue weighted by molar-refractivity contribution is 5.99. The largest absolute Gasteiger partial charge is 0.346 e. The molecule has 2 aromatic carbocycles. The van der Waals surface area contributed by atoms with Gasteiger partial charge in [0.1, 0.15) is 0 Å². The second kappa shape index (κ2) is 13.6. The molecule has 38 heavy (non-hydrogen) atoms. The predicted molar refractivity (Wildman–Crippen MR) is 151 cm³/mol. The Hall–Kier alpha value is -3.12. The molecule has 202 valence electrons. The van der Waals surface area contributed by atoms with Crippen molar-refractivity contribution in [2.45, 2.75) is 71.4 Å². The minimum absolute atomic E-state index is 0.0757. The number of carbonyl (C=O) groups is 3. The van der Waals surface area contributed by atoms with Gasteiger partial charge in [-0.3, -0.25) is 19.3 Å². The SMILES string of the molecule is CC(C)CC(NC(=O)[C@H]1CCCCC1C=NC(=O)c1ccccc1)C(=O)CN1CCCc2ccccc2C1. The van der Waals surface area contributed by atoms with Gasteiger partial charge in [-0.2, -0.15) is 0 Å². The zero-order chi connectivity index (χ0) is 26.9. The normalized spacial score (nSPS) is 21.0. The summed E-state index contributed by atoms with van der Waals surface area (Å²) in [6.07, 6.45) is 7.88. The number of hydrogen-bond acceptors (Lipinski definition) is 4. The van der Waals surface area contributed by atoms with E-state index in [4.69, 9.17) is 0 Å². The van der Waals surface area contributed by atoms with Crippen LogP contribution in [0.3, 0.4) is 0 Å². The fourth-order valence-corrected chi connectivity index (χ4v) is 5.74. The Morgan fingerprint density at radius 3 is 2.45 bits per heavy atom. The number of hydrogen-bond donors (Lipinski definition) is 1. The number of fused-ring (bicyclic) bond motifs is 1. The van der Waals surface area contributed by atoms with Gasteiger partial charge in [0.05, 0.1) is 12.6 Å². The van der Waals surface area contributed by atoms with Gasteiger partial charge in [0.15, 0.2) is 5.78 Å². The fraction of sp³-hybridized carbons (Fsp3) is 0.500. The molecule has 0 bridgehead atoms. The number of carbonyl (C=O) groups excluding carboxylic acids is 3. The molecule has 1 aliphatic heterocycles. The molecule has 0 saturated heterocycles. The van der Waals surface area contributed by atoms with Crippen molar-refractivity contribution in [1.82, 2.24) is 10.2 Å². The standard InChI is InChI=1S/C32H41N3O3/c1-23(2)19-29(30(36)22-35-18-10-16-24-11-6-7-15-27(24)21-35)34-32(38)28-17-9-8-14-26(28)20-33-31(37)25-12-4-3-5-13-25/h3-7,11-13,15,20,23,26,28-29H,8-10,14,16-19,21-22H2,1-2H3,(H,34,38)/t26?,28-,29?/m0/s1. The quantitative estimate of drug-likeness (QED) is 0.463. The first kappa shape index (κ1) is 27.9. The monoisotopic (exact) mass is 515 g/mol. The van der Waals surface area contributed by atoms with E-state index in [1.807, 2.05) is 18.2 Å². The average Bonchev–Trinajstić information content (AvgIpc) is 3.13. The zero-order valence-corrected chi connectivity index (χ0v) is 22.8. The van der Waals surface area contributed by atoms with Crippen molar-refractivity contribution < 1.29 is 14.4 Å². The Labute approximate surface area is 226 Å². The number of amides is 2. The van der Waals surface area contributed by atoms with Crippen molar-refractivity contribution in [2.24, 2.45) is 22.7 Å². The van der Waals surface area contributed by atoms with Crippen LogP contribution in [0.4, 0.5) is 0 Å². The van der Waals surface area contributed by atoms with Crippen molar-refractivity contribution in [3.63, 3.8) is 0 Å². The Balaban J connectivity index is 1.40. The first-order chi connectivity index (χ1) is 18.4. The molecular weight excluding hydrogens is 474 g/mol. The number of benzene rings is 2. The summed E-state index contributed by atoms with van der Waals surface area (Å²) in [4.78, 5) is 45.9. The third-order valence-corrected chi connectivity index (χ3v) is 7.78. The molecule has 1 N–H and O–H groups in total. The topological polar surface area (TPSA) is 78.8 Å². The number of Topliss-reactive ketones (excluding diaryl/α,β-unsaturated/α-hetero) is 1. The summed E-state index contributed by atoms with van der Waals surface area (Å²) in [6, 6.07) is 16.9. The van der Waals surface area contributed by atoms with E-state index in [2.05, 4.69) is 53.3 Å². The fourth-order valence-electron chi connectivity index (χ4n) is 5.74. The van der Waals surface area contributed by atoms with E-state index >= 15 is 0 Å². The van der Waals surface area contributed by atoms with Crippen LogP contribution in [-0.4, -0.2) is 47.8 Å². The van der Waals surface area contributed by atoms with E-state index in [0.29, 0.717) is 18.5 Å². The molecule has 1 heterocycles. The lowest BCUT2D eigenvalue weighted by Gasteiger charge is -2.30. The number of ketones is 1. The molecule has 2 amide bonds. The van der Waals surface area contributed by atoms with Gasteiger partial charge in [0.25, 0.3) is 5.91 Å². The number of aliphatic imine (C=N–C) groups is 1. The molecule has 2 aliphatic rings. The highest BCUT2D eigenvalue weighted by Crippen LogP contribution is 2.29. The van der Waals surface area contributed by atoms with Crippen LogP contribution in [0.5, 0.6) is 0 Å². The van der Waals surface area contributed by atoms with E-state index in [0.717, 1.165) is 51.6 Å². The highest BCUT2D eigenvalue weighted by Gasteiger charge is 2.33. The van der Waals surface area contributed by atoms with Gasteiger partial charge >= 0.3 is 0 Å². The van der Waals surface area contributed by atoms with E-state index < -0.39 is 6.04 Å². The number of nitrogens with one attached hydrogen (secondary N) is 1. The maximum atomic E-state index is 13.5. The third kappa shape index (κ3) is 7.70. The summed E-state index contributed by atoms with van der Waals surface area (Å²) in [5, 5.41) is 3.13. The van der Waals surface area contributed by atoms with E-state index in [1.165, 1.54) is 11.1 Å². The maximum absolute atomic E-state index is 13.5. The van der Waals surface area contributed by atoms with Gasteiger partial charge in [0.2, 0.25) is 5.91 Å².